The predicted octanol–water partition coefficient (Wildman–Crippen LogP) is 6.17. The molecule has 9 heteroatoms. The van der Waals surface area contributed by atoms with Crippen LogP contribution in [0.1, 0.15) is 48.8 Å². The van der Waals surface area contributed by atoms with Gasteiger partial charge >= 0.3 is 0 Å². The highest BCUT2D eigenvalue weighted by molar-refractivity contribution is 7.99. The van der Waals surface area contributed by atoms with Gasteiger partial charge in [-0.05, 0) is 69.4 Å². The summed E-state index contributed by atoms with van der Waals surface area (Å²) < 4.78 is 2.10. The number of aryl methyl sites for hydroxylation is 1. The van der Waals surface area contributed by atoms with Crippen molar-refractivity contribution in [3.05, 3.63) is 76.6 Å². The Hall–Kier alpha value is -3.17. The molecule has 0 spiro atoms. The van der Waals surface area contributed by atoms with Gasteiger partial charge in [-0.1, -0.05) is 42.1 Å². The Morgan fingerprint density at radius 2 is 1.95 bits per heavy atom. The largest absolute Gasteiger partial charge is 0.339 e. The number of carbonyl (C=O) groups is 1. The number of para-hydroxylation sites is 1. The second-order valence-electron chi connectivity index (χ2n) is 9.49. The Morgan fingerprint density at radius 1 is 1.11 bits per heavy atom. The quantitative estimate of drug-likeness (QED) is 0.274. The average molecular weight is 533 g/mol. The predicted molar refractivity (Wildman–Crippen MR) is 151 cm³/mol. The molecule has 1 saturated heterocycles. The van der Waals surface area contributed by atoms with Crippen LogP contribution >= 0.6 is 23.1 Å². The van der Waals surface area contributed by atoms with E-state index in [0.29, 0.717) is 18.2 Å². The summed E-state index contributed by atoms with van der Waals surface area (Å²) in [5.41, 5.74) is 5.35. The van der Waals surface area contributed by atoms with Gasteiger partial charge in [-0.25, -0.2) is 4.98 Å². The smallest absolute Gasteiger partial charge is 0.233 e. The monoisotopic (exact) mass is 532 g/mol. The minimum Gasteiger partial charge on any atom is -0.339 e. The zero-order valence-electron chi connectivity index (χ0n) is 21.5. The third-order valence-electron chi connectivity index (χ3n) is 6.88. The van der Waals surface area contributed by atoms with Crippen LogP contribution in [0.2, 0.25) is 0 Å². The molecule has 3 heterocycles. The lowest BCUT2D eigenvalue weighted by molar-refractivity contribution is -0.131. The third kappa shape index (κ3) is 5.88. The van der Waals surface area contributed by atoms with Gasteiger partial charge in [0, 0.05) is 23.7 Å². The van der Waals surface area contributed by atoms with Crippen LogP contribution in [0.25, 0.3) is 5.69 Å². The van der Waals surface area contributed by atoms with Gasteiger partial charge in [0.05, 0.1) is 23.6 Å². The van der Waals surface area contributed by atoms with Crippen molar-refractivity contribution in [3.8, 4) is 5.69 Å². The summed E-state index contributed by atoms with van der Waals surface area (Å²) in [6, 6.07) is 16.6. The summed E-state index contributed by atoms with van der Waals surface area (Å²) in [5, 5.41) is 16.1. The van der Waals surface area contributed by atoms with Crippen LogP contribution in [0, 0.1) is 13.8 Å². The Kier molecular flexibility index (Phi) is 7.90. The van der Waals surface area contributed by atoms with Crippen LogP contribution < -0.4 is 5.32 Å². The first-order valence-electron chi connectivity index (χ1n) is 12.7. The van der Waals surface area contributed by atoms with E-state index >= 15 is 0 Å². The van der Waals surface area contributed by atoms with Crippen molar-refractivity contribution >= 4 is 39.8 Å². The fourth-order valence-corrected chi connectivity index (χ4v) is 6.24. The Balaban J connectivity index is 1.39. The normalized spacial score (nSPS) is 15.6. The summed E-state index contributed by atoms with van der Waals surface area (Å²) in [6.07, 6.45) is 3.90. The number of carbonyl (C=O) groups excluding carboxylic acids is 1. The van der Waals surface area contributed by atoms with E-state index in [4.69, 9.17) is 4.98 Å². The molecule has 192 valence electrons. The molecule has 1 fully saturated rings. The van der Waals surface area contributed by atoms with E-state index in [1.807, 2.05) is 35.2 Å². The van der Waals surface area contributed by atoms with Gasteiger partial charge in [0.2, 0.25) is 5.91 Å². The van der Waals surface area contributed by atoms with Crippen LogP contribution in [-0.4, -0.2) is 48.9 Å². The van der Waals surface area contributed by atoms with Gasteiger partial charge in [0.25, 0.3) is 0 Å². The molecule has 7 nitrogen and oxygen atoms in total. The molecule has 2 aromatic carbocycles. The second-order valence-corrected chi connectivity index (χ2v) is 11.3. The molecule has 0 saturated carbocycles. The van der Waals surface area contributed by atoms with E-state index in [1.165, 1.54) is 29.3 Å². The van der Waals surface area contributed by atoms with E-state index < -0.39 is 0 Å². The minimum atomic E-state index is 0.172. The molecule has 1 amide bonds. The molecule has 0 radical (unpaired) electrons. The second kappa shape index (κ2) is 11.5. The van der Waals surface area contributed by atoms with Crippen LogP contribution in [-0.2, 0) is 11.2 Å². The number of rotatable bonds is 8. The summed E-state index contributed by atoms with van der Waals surface area (Å²) in [7, 11) is 0. The molecule has 1 aliphatic heterocycles. The van der Waals surface area contributed by atoms with E-state index in [1.54, 1.807) is 11.3 Å². The van der Waals surface area contributed by atoms with Crippen molar-refractivity contribution in [1.29, 1.82) is 0 Å². The Bertz CT molecular complexity index is 1370. The van der Waals surface area contributed by atoms with Crippen LogP contribution in [0.4, 0.5) is 10.8 Å². The zero-order chi connectivity index (χ0) is 25.8. The molecule has 0 bridgehead atoms. The summed E-state index contributed by atoms with van der Waals surface area (Å²) in [4.78, 5) is 19.8. The van der Waals surface area contributed by atoms with Crippen molar-refractivity contribution in [2.75, 3.05) is 17.6 Å². The molecular weight excluding hydrogens is 500 g/mol. The number of nitrogens with one attached hydrogen (secondary N) is 1. The number of amides is 1. The molecule has 2 aromatic heterocycles. The van der Waals surface area contributed by atoms with Gasteiger partial charge in [-0.15, -0.1) is 21.5 Å². The van der Waals surface area contributed by atoms with Crippen LogP contribution in [0.3, 0.4) is 0 Å². The molecule has 1 N–H and O–H groups in total. The number of benzene rings is 2. The number of nitrogens with zero attached hydrogens (tertiary/aromatic N) is 5. The zero-order valence-corrected chi connectivity index (χ0v) is 23.1. The van der Waals surface area contributed by atoms with Gasteiger partial charge < -0.3 is 10.2 Å². The SMILES string of the molecule is Cc1cccc(-n2c(Cc3csc(Nc4ccccc4)n3)nnc2SCC(=O)N2CCCC[C@@H]2C)c1C. The highest BCUT2D eigenvalue weighted by Gasteiger charge is 2.25. The number of thioether (sulfide) groups is 1. The number of hydrogen-bond acceptors (Lipinski definition) is 7. The molecule has 0 unspecified atom stereocenters. The van der Waals surface area contributed by atoms with E-state index in [9.17, 15) is 4.79 Å². The maximum Gasteiger partial charge on any atom is 0.233 e. The van der Waals surface area contributed by atoms with Crippen molar-refractivity contribution < 1.29 is 4.79 Å². The standard InChI is InChI=1S/C28H32N6OS2/c1-19-10-9-14-24(21(19)3)34-25(16-23-17-36-27(30-23)29-22-12-5-4-6-13-22)31-32-28(34)37-18-26(35)33-15-8-7-11-20(33)2/h4-6,9-10,12-14,17,20H,7-8,11,15-16,18H2,1-3H3,(H,29,30)/t20-/m0/s1. The topological polar surface area (TPSA) is 75.9 Å². The molecular formula is C28H32N6OS2. The van der Waals surface area contributed by atoms with Gasteiger partial charge in [-0.3, -0.25) is 9.36 Å². The molecule has 37 heavy (non-hydrogen) atoms. The first-order chi connectivity index (χ1) is 18.0. The molecule has 4 aromatic rings. The number of hydrogen-bond donors (Lipinski definition) is 1. The number of piperidine rings is 1. The summed E-state index contributed by atoms with van der Waals surface area (Å²) in [5.74, 6) is 1.34. The maximum absolute atomic E-state index is 13.0. The fourth-order valence-electron chi connectivity index (χ4n) is 4.66. The minimum absolute atomic E-state index is 0.172. The maximum atomic E-state index is 13.0. The van der Waals surface area contributed by atoms with E-state index in [-0.39, 0.29) is 5.91 Å². The summed E-state index contributed by atoms with van der Waals surface area (Å²) in [6.45, 7) is 7.22. The first kappa shape index (κ1) is 25.5. The third-order valence-corrected chi connectivity index (χ3v) is 8.60. The van der Waals surface area contributed by atoms with E-state index in [2.05, 4.69) is 64.4 Å². The molecule has 1 atom stereocenters. The van der Waals surface area contributed by atoms with Gasteiger partial charge in [-0.2, -0.15) is 0 Å². The first-order valence-corrected chi connectivity index (χ1v) is 14.6. The van der Waals surface area contributed by atoms with Crippen LogP contribution in [0.5, 0.6) is 0 Å². The van der Waals surface area contributed by atoms with Gasteiger partial charge in [0.15, 0.2) is 10.3 Å². The van der Waals surface area contributed by atoms with Gasteiger partial charge in [0.1, 0.15) is 5.82 Å². The highest BCUT2D eigenvalue weighted by Crippen LogP contribution is 2.29. The lowest BCUT2D eigenvalue weighted by Crippen LogP contribution is -2.43. The Morgan fingerprint density at radius 3 is 2.76 bits per heavy atom. The molecule has 1 aliphatic rings. The van der Waals surface area contributed by atoms with E-state index in [0.717, 1.165) is 52.6 Å². The average Bonchev–Trinajstić information content (AvgIpc) is 3.52. The number of aromatic nitrogens is 4. The van der Waals surface area contributed by atoms with Crippen LogP contribution in [0.15, 0.2) is 59.1 Å². The Labute approximate surface area is 226 Å². The summed E-state index contributed by atoms with van der Waals surface area (Å²) >= 11 is 3.04. The van der Waals surface area contributed by atoms with Crippen molar-refractivity contribution in [3.63, 3.8) is 0 Å². The number of likely N-dealkylation sites (tertiary alicyclic amines) is 1. The highest BCUT2D eigenvalue weighted by atomic mass is 32.2. The van der Waals surface area contributed by atoms with Crippen molar-refractivity contribution in [1.82, 2.24) is 24.6 Å². The lowest BCUT2D eigenvalue weighted by atomic mass is 10.0. The number of anilines is 2. The van der Waals surface area contributed by atoms with Crippen molar-refractivity contribution in [2.45, 2.75) is 57.7 Å². The number of thiazole rings is 1. The molecule has 0 aliphatic carbocycles. The molecule has 5 rings (SSSR count). The lowest BCUT2D eigenvalue weighted by Gasteiger charge is -2.33. The van der Waals surface area contributed by atoms with Crippen molar-refractivity contribution in [2.24, 2.45) is 0 Å². The fraction of sp³-hybridized carbons (Fsp3) is 0.357.